The highest BCUT2D eigenvalue weighted by Gasteiger charge is 2.18. The molecule has 0 saturated carbocycles. The van der Waals surface area contributed by atoms with Crippen molar-refractivity contribution < 1.29 is 9.64 Å². The lowest BCUT2D eigenvalue weighted by molar-refractivity contribution is -0.841. The molecule has 10 heavy (non-hydrogen) atoms. The Kier molecular flexibility index (Phi) is 5.64. The van der Waals surface area contributed by atoms with Crippen LogP contribution in [0.15, 0.2) is 0 Å². The van der Waals surface area contributed by atoms with Gasteiger partial charge in [0.15, 0.2) is 0 Å². The second-order valence-corrected chi connectivity index (χ2v) is 2.35. The molecule has 0 aromatic rings. The van der Waals surface area contributed by atoms with E-state index in [1.165, 1.54) is 17.9 Å². The van der Waals surface area contributed by atoms with Gasteiger partial charge >= 0.3 is 0 Å². The van der Waals surface area contributed by atoms with Crippen LogP contribution in [0.1, 0.15) is 20.3 Å². The van der Waals surface area contributed by atoms with Crippen LogP contribution in [0.5, 0.6) is 0 Å². The Morgan fingerprint density at radius 3 is 2.30 bits per heavy atom. The number of likely N-dealkylation sites (tertiary alicyclic amines) is 1. The van der Waals surface area contributed by atoms with Gasteiger partial charge in [-0.2, -0.15) is 7.05 Å². The minimum absolute atomic E-state index is 0.475. The van der Waals surface area contributed by atoms with Gasteiger partial charge in [0.2, 0.25) is 0 Å². The first kappa shape index (κ1) is 9.92. The predicted octanol–water partition coefficient (Wildman–Crippen LogP) is 0.108. The average Bonchev–Trinajstić information content (AvgIpc) is 2.40. The maximum Gasteiger partial charge on any atom is 0.109 e. The van der Waals surface area contributed by atoms with Crippen LogP contribution in [-0.4, -0.2) is 26.3 Å². The molecule has 1 saturated heterocycles. The highest BCUT2D eigenvalue weighted by molar-refractivity contribution is 4.59. The molecule has 0 amide bonds. The van der Waals surface area contributed by atoms with Crippen LogP contribution in [0.3, 0.4) is 0 Å². The molecule has 1 fully saturated rings. The molecule has 1 N–H and O–H groups in total. The van der Waals surface area contributed by atoms with E-state index in [2.05, 4.69) is 7.05 Å². The van der Waals surface area contributed by atoms with Crippen molar-refractivity contribution in [2.45, 2.75) is 26.4 Å². The predicted molar refractivity (Wildman–Crippen MR) is 42.8 cm³/mol. The molecule has 2 heteroatoms. The third-order valence-corrected chi connectivity index (χ3v) is 1.67. The highest BCUT2D eigenvalue weighted by atomic mass is 16.5. The summed E-state index contributed by atoms with van der Waals surface area (Å²) in [6, 6.07) is 0. The molecule has 1 aliphatic rings. The number of methoxy groups -OCH3 is 1. The van der Waals surface area contributed by atoms with Gasteiger partial charge in [0, 0.05) is 13.5 Å². The zero-order valence-electron chi connectivity index (χ0n) is 7.31. The fourth-order valence-corrected chi connectivity index (χ4v) is 1.09. The summed E-state index contributed by atoms with van der Waals surface area (Å²) in [6.45, 7) is 6.25. The zero-order chi connectivity index (χ0) is 7.98. The maximum absolute atomic E-state index is 5.12. The van der Waals surface area contributed by atoms with Gasteiger partial charge in [0.25, 0.3) is 0 Å². The van der Waals surface area contributed by atoms with E-state index >= 15 is 0 Å². The number of hydrogen-bond acceptors (Lipinski definition) is 1. The lowest BCUT2D eigenvalue weighted by Crippen LogP contribution is -3.05. The molecule has 0 aromatic carbocycles. The second kappa shape index (κ2) is 5.69. The van der Waals surface area contributed by atoms with E-state index in [1.54, 1.807) is 7.11 Å². The van der Waals surface area contributed by atoms with E-state index in [-0.39, 0.29) is 0 Å². The van der Waals surface area contributed by atoms with E-state index in [1.807, 2.05) is 13.8 Å². The van der Waals surface area contributed by atoms with Crippen LogP contribution in [0.2, 0.25) is 0 Å². The number of ether oxygens (including phenoxy) is 1. The lowest BCUT2D eigenvalue weighted by atomic mass is 10.3. The molecular formula is C8H19NO. The minimum Gasteiger partial charge on any atom is -0.466 e. The quantitative estimate of drug-likeness (QED) is 0.517. The molecule has 0 radical (unpaired) electrons. The van der Waals surface area contributed by atoms with Gasteiger partial charge in [-0.1, -0.05) is 13.8 Å². The molecule has 2 atom stereocenters. The Balaban J connectivity index is 0.000000371. The topological polar surface area (TPSA) is 13.7 Å². The summed E-state index contributed by atoms with van der Waals surface area (Å²) in [6.07, 6.45) is 1.65. The molecular weight excluding hydrogens is 126 g/mol. The van der Waals surface area contributed by atoms with Crippen LogP contribution < -0.4 is 4.90 Å². The van der Waals surface area contributed by atoms with Crippen molar-refractivity contribution in [1.82, 2.24) is 0 Å². The third-order valence-electron chi connectivity index (χ3n) is 1.67. The third kappa shape index (κ3) is 3.18. The highest BCUT2D eigenvalue weighted by Crippen LogP contribution is 1.95. The van der Waals surface area contributed by atoms with Gasteiger partial charge < -0.3 is 9.64 Å². The van der Waals surface area contributed by atoms with Crippen LogP contribution in [0, 0.1) is 7.05 Å². The molecule has 2 nitrogen and oxygen atoms in total. The largest absolute Gasteiger partial charge is 0.466 e. The number of rotatable bonds is 1. The van der Waals surface area contributed by atoms with Crippen LogP contribution in [0.25, 0.3) is 0 Å². The summed E-state index contributed by atoms with van der Waals surface area (Å²) in [5, 5.41) is 0. The van der Waals surface area contributed by atoms with Crippen molar-refractivity contribution in [1.29, 1.82) is 0 Å². The van der Waals surface area contributed by atoms with Gasteiger partial charge in [0.1, 0.15) is 6.10 Å². The molecule has 1 rings (SSSR count). The maximum atomic E-state index is 5.12. The van der Waals surface area contributed by atoms with Crippen molar-refractivity contribution in [3.8, 4) is 0 Å². The molecule has 1 unspecified atom stereocenters. The Hall–Kier alpha value is -0.0800. The summed E-state index contributed by atoms with van der Waals surface area (Å²) < 4.78 is 5.12. The number of nitrogens with one attached hydrogen (secondary N) is 1. The standard InChI is InChI=1S/C6H13NO.C2H6/c1-7-4-3-6(5-7)8-2;1-2/h6-7H,1,3-5H2,2H3;1-2H3/t6-;/m0./s1. The van der Waals surface area contributed by atoms with Crippen molar-refractivity contribution in [3.05, 3.63) is 7.05 Å². The monoisotopic (exact) mass is 145 g/mol. The van der Waals surface area contributed by atoms with Crippen LogP contribution in [0.4, 0.5) is 0 Å². The fraction of sp³-hybridized carbons (Fsp3) is 0.875. The minimum atomic E-state index is 0.475. The van der Waals surface area contributed by atoms with Crippen molar-refractivity contribution >= 4 is 0 Å². The molecule has 1 heterocycles. The van der Waals surface area contributed by atoms with Gasteiger partial charge in [-0.05, 0) is 0 Å². The van der Waals surface area contributed by atoms with E-state index in [4.69, 9.17) is 4.74 Å². The van der Waals surface area contributed by atoms with Crippen LogP contribution >= 0.6 is 0 Å². The van der Waals surface area contributed by atoms with Crippen molar-refractivity contribution in [3.63, 3.8) is 0 Å². The van der Waals surface area contributed by atoms with E-state index in [9.17, 15) is 0 Å². The zero-order valence-corrected chi connectivity index (χ0v) is 7.31. The lowest BCUT2D eigenvalue weighted by Gasteiger charge is -2.11. The fourth-order valence-electron chi connectivity index (χ4n) is 1.09. The molecule has 0 spiro atoms. The summed E-state index contributed by atoms with van der Waals surface area (Å²) in [5.74, 6) is 0. The van der Waals surface area contributed by atoms with Crippen molar-refractivity contribution in [2.75, 3.05) is 20.2 Å². The Morgan fingerprint density at radius 2 is 2.10 bits per heavy atom. The van der Waals surface area contributed by atoms with E-state index < -0.39 is 0 Å². The number of quaternary nitrogens is 1. The molecule has 1 aliphatic heterocycles. The summed E-state index contributed by atoms with van der Waals surface area (Å²) in [5.41, 5.74) is 0. The summed E-state index contributed by atoms with van der Waals surface area (Å²) >= 11 is 0. The second-order valence-electron chi connectivity index (χ2n) is 2.35. The number of hydrogen-bond donors (Lipinski definition) is 1. The van der Waals surface area contributed by atoms with Gasteiger partial charge in [-0.3, -0.25) is 0 Å². The molecule has 0 aromatic heterocycles. The smallest absolute Gasteiger partial charge is 0.109 e. The summed E-state index contributed by atoms with van der Waals surface area (Å²) in [4.78, 5) is 1.34. The average molecular weight is 145 g/mol. The SMILES string of the molecule is CC.[CH2-][NH+]1CC[C@H](OC)C1. The molecule has 0 bridgehead atoms. The first-order valence-corrected chi connectivity index (χ1v) is 4.02. The van der Waals surface area contributed by atoms with Gasteiger partial charge in [-0.25, -0.2) is 0 Å². The first-order valence-electron chi connectivity index (χ1n) is 4.02. The van der Waals surface area contributed by atoms with Crippen LogP contribution in [-0.2, 0) is 4.74 Å². The normalized spacial score (nSPS) is 31.2. The Bertz CT molecular complexity index is 75.7. The summed E-state index contributed by atoms with van der Waals surface area (Å²) in [7, 11) is 5.64. The molecule has 0 aliphatic carbocycles. The van der Waals surface area contributed by atoms with E-state index in [0.29, 0.717) is 6.10 Å². The van der Waals surface area contributed by atoms with E-state index in [0.717, 1.165) is 6.54 Å². The Labute approximate surface area is 64.2 Å². The van der Waals surface area contributed by atoms with Gasteiger partial charge in [0.05, 0.1) is 13.1 Å². The molecule has 62 valence electrons. The van der Waals surface area contributed by atoms with Gasteiger partial charge in [-0.15, -0.1) is 0 Å². The Morgan fingerprint density at radius 1 is 1.50 bits per heavy atom. The first-order chi connectivity index (χ1) is 4.83. The van der Waals surface area contributed by atoms with Crippen molar-refractivity contribution in [2.24, 2.45) is 0 Å².